The number of fused-ring (bicyclic) bond motifs is 4. The second-order valence-electron chi connectivity index (χ2n) is 6.72. The third-order valence-electron chi connectivity index (χ3n) is 4.77. The van der Waals surface area contributed by atoms with E-state index in [-0.39, 0.29) is 34.0 Å². The number of pyridine rings is 1. The third-order valence-corrected chi connectivity index (χ3v) is 4.77. The molecule has 0 unspecified atom stereocenters. The van der Waals surface area contributed by atoms with Crippen LogP contribution in [0.15, 0.2) is 48.5 Å². The van der Waals surface area contributed by atoms with Gasteiger partial charge in [0.25, 0.3) is 0 Å². The van der Waals surface area contributed by atoms with Crippen LogP contribution in [0.3, 0.4) is 0 Å². The van der Waals surface area contributed by atoms with Crippen molar-refractivity contribution in [3.8, 4) is 11.3 Å². The quantitative estimate of drug-likeness (QED) is 0.563. The maximum Gasteiger partial charge on any atom is 0.0765 e. The van der Waals surface area contributed by atoms with Gasteiger partial charge in [-0.2, -0.15) is 0 Å². The number of likely N-dealkylation sites (N-methyl/N-ethyl adjacent to an activating group) is 1. The zero-order chi connectivity index (χ0) is 16.5. The first-order valence-corrected chi connectivity index (χ1v) is 8.62. The number of nitrogens with zero attached hydrogens (tertiary/aromatic N) is 2. The first-order valence-electron chi connectivity index (χ1n) is 8.62. The van der Waals surface area contributed by atoms with Gasteiger partial charge in [-0.1, -0.05) is 42.5 Å². The summed E-state index contributed by atoms with van der Waals surface area (Å²) in [6, 6.07) is 17.1. The average molecular weight is 479 g/mol. The Kier molecular flexibility index (Phi) is 7.21. The Labute approximate surface area is 176 Å². The molecule has 0 saturated heterocycles. The van der Waals surface area contributed by atoms with Gasteiger partial charge in [0.05, 0.1) is 11.2 Å². The monoisotopic (exact) mass is 477 g/mol. The van der Waals surface area contributed by atoms with Crippen LogP contribution < -0.4 is 5.32 Å². The van der Waals surface area contributed by atoms with Crippen molar-refractivity contribution in [2.45, 2.75) is 12.8 Å². The molecular weight excluding hydrogens is 454 g/mol. The zero-order valence-corrected chi connectivity index (χ0v) is 18.6. The Morgan fingerprint density at radius 1 is 0.962 bits per heavy atom. The lowest BCUT2D eigenvalue weighted by molar-refractivity contribution is 0.425. The van der Waals surface area contributed by atoms with Gasteiger partial charge in [0.15, 0.2) is 0 Å². The third kappa shape index (κ3) is 3.95. The van der Waals surface area contributed by atoms with Gasteiger partial charge in [0.2, 0.25) is 0 Å². The first kappa shape index (κ1) is 20.9. The summed E-state index contributed by atoms with van der Waals surface area (Å²) in [6.07, 6.45) is 2.14. The van der Waals surface area contributed by atoms with Gasteiger partial charge in [0.1, 0.15) is 0 Å². The molecule has 1 N–H and O–H groups in total. The molecule has 4 rings (SSSR count). The topological polar surface area (TPSA) is 28.2 Å². The summed E-state index contributed by atoms with van der Waals surface area (Å²) in [5, 5.41) is 4.93. The molecule has 26 heavy (non-hydrogen) atoms. The molecule has 0 amide bonds. The number of nitrogens with one attached hydrogen (secondary N) is 1. The number of hydrogen-bond acceptors (Lipinski definition) is 3. The summed E-state index contributed by atoms with van der Waals surface area (Å²) in [4.78, 5) is 7.22. The van der Waals surface area contributed by atoms with Crippen molar-refractivity contribution in [2.75, 3.05) is 32.5 Å². The van der Waals surface area contributed by atoms with Crippen LogP contribution in [0.1, 0.15) is 11.1 Å². The van der Waals surface area contributed by atoms with Crippen LogP contribution in [0.2, 0.25) is 0 Å². The summed E-state index contributed by atoms with van der Waals surface area (Å²) in [5.41, 5.74) is 7.56. The lowest BCUT2D eigenvalue weighted by atomic mass is 9.87. The van der Waals surface area contributed by atoms with Crippen LogP contribution >= 0.6 is 34.0 Å². The highest BCUT2D eigenvalue weighted by Gasteiger charge is 2.21. The second-order valence-corrected chi connectivity index (χ2v) is 6.72. The van der Waals surface area contributed by atoms with Crippen LogP contribution in [-0.4, -0.2) is 37.1 Å². The fraction of sp³-hybridized carbons (Fsp3) is 0.286. The Hall–Kier alpha value is -1.43. The molecule has 0 aliphatic heterocycles. The molecule has 1 heterocycles. The van der Waals surface area contributed by atoms with Crippen molar-refractivity contribution in [1.29, 1.82) is 0 Å². The molecule has 2 aromatic carbocycles. The molecule has 0 spiro atoms. The van der Waals surface area contributed by atoms with Crippen molar-refractivity contribution in [3.05, 3.63) is 59.7 Å². The van der Waals surface area contributed by atoms with Gasteiger partial charge in [0, 0.05) is 35.3 Å². The predicted octanol–water partition coefficient (Wildman–Crippen LogP) is 5.13. The minimum absolute atomic E-state index is 0. The Morgan fingerprint density at radius 3 is 2.50 bits per heavy atom. The van der Waals surface area contributed by atoms with E-state index in [0.717, 1.165) is 37.1 Å². The molecule has 3 aromatic rings. The summed E-state index contributed by atoms with van der Waals surface area (Å²) in [7, 11) is 4.22. The largest absolute Gasteiger partial charge is 0.383 e. The van der Waals surface area contributed by atoms with E-state index in [2.05, 4.69) is 72.8 Å². The number of benzene rings is 2. The summed E-state index contributed by atoms with van der Waals surface area (Å²) in [6.45, 7) is 1.96. The van der Waals surface area contributed by atoms with E-state index in [1.807, 2.05) is 0 Å². The lowest BCUT2D eigenvalue weighted by Crippen LogP contribution is -2.22. The van der Waals surface area contributed by atoms with Crippen molar-refractivity contribution in [1.82, 2.24) is 9.88 Å². The molecule has 0 bridgehead atoms. The van der Waals surface area contributed by atoms with Crippen molar-refractivity contribution in [3.63, 3.8) is 0 Å². The number of aromatic nitrogens is 1. The van der Waals surface area contributed by atoms with Crippen molar-refractivity contribution in [2.24, 2.45) is 0 Å². The van der Waals surface area contributed by atoms with Gasteiger partial charge >= 0.3 is 0 Å². The molecule has 138 valence electrons. The van der Waals surface area contributed by atoms with Gasteiger partial charge in [-0.25, -0.2) is 4.98 Å². The van der Waals surface area contributed by atoms with E-state index >= 15 is 0 Å². The van der Waals surface area contributed by atoms with E-state index in [4.69, 9.17) is 4.98 Å². The molecule has 0 saturated carbocycles. The van der Waals surface area contributed by atoms with Gasteiger partial charge in [-0.15, -0.1) is 34.0 Å². The number of aryl methyl sites for hydroxylation is 1. The number of para-hydroxylation sites is 1. The van der Waals surface area contributed by atoms with E-state index in [1.165, 1.54) is 27.8 Å². The Morgan fingerprint density at radius 2 is 1.69 bits per heavy atom. The van der Waals surface area contributed by atoms with Gasteiger partial charge in [-0.3, -0.25) is 0 Å². The molecular formula is C21H25Br2N3. The highest BCUT2D eigenvalue weighted by molar-refractivity contribution is 8.93. The first-order chi connectivity index (χ1) is 11.7. The molecule has 0 radical (unpaired) electrons. The minimum atomic E-state index is 0. The highest BCUT2D eigenvalue weighted by Crippen LogP contribution is 2.39. The molecule has 0 fully saturated rings. The Bertz CT molecular complexity index is 894. The minimum Gasteiger partial charge on any atom is -0.383 e. The molecule has 1 aromatic heterocycles. The summed E-state index contributed by atoms with van der Waals surface area (Å²) < 4.78 is 0. The smallest absolute Gasteiger partial charge is 0.0765 e. The van der Waals surface area contributed by atoms with Crippen LogP contribution in [0.25, 0.3) is 22.2 Å². The SMILES string of the molecule is Br.Br.CN(C)CCNc1c2c(nc3ccccc13)-c1ccccc1CC2. The van der Waals surface area contributed by atoms with Crippen molar-refractivity contribution < 1.29 is 0 Å². The number of anilines is 1. The van der Waals surface area contributed by atoms with Gasteiger partial charge < -0.3 is 10.2 Å². The second kappa shape index (κ2) is 8.98. The maximum atomic E-state index is 5.01. The maximum absolute atomic E-state index is 5.01. The number of rotatable bonds is 4. The summed E-state index contributed by atoms with van der Waals surface area (Å²) >= 11 is 0. The van der Waals surface area contributed by atoms with Crippen LogP contribution in [0.5, 0.6) is 0 Å². The van der Waals surface area contributed by atoms with Crippen LogP contribution in [0.4, 0.5) is 5.69 Å². The molecule has 1 aliphatic rings. The van der Waals surface area contributed by atoms with E-state index in [9.17, 15) is 0 Å². The molecule has 5 heteroatoms. The zero-order valence-electron chi connectivity index (χ0n) is 15.2. The Balaban J connectivity index is 0.00000121. The average Bonchev–Trinajstić information content (AvgIpc) is 2.61. The standard InChI is InChI=1S/C21H23N3.2BrH/c1-24(2)14-13-22-20-17-9-5-6-10-19(17)23-21-16-8-4-3-7-15(16)11-12-18(20)21;;/h3-10H,11-14H2,1-2H3,(H,22,23);2*1H. The molecule has 1 aliphatic carbocycles. The van der Waals surface area contributed by atoms with Crippen molar-refractivity contribution >= 4 is 50.6 Å². The van der Waals surface area contributed by atoms with E-state index in [0.29, 0.717) is 0 Å². The normalized spacial score (nSPS) is 12.0. The lowest BCUT2D eigenvalue weighted by Gasteiger charge is -2.24. The summed E-state index contributed by atoms with van der Waals surface area (Å²) in [5.74, 6) is 0. The van der Waals surface area contributed by atoms with Crippen LogP contribution in [0, 0.1) is 0 Å². The predicted molar refractivity (Wildman–Crippen MR) is 122 cm³/mol. The number of halogens is 2. The molecule has 3 nitrogen and oxygen atoms in total. The van der Waals surface area contributed by atoms with E-state index < -0.39 is 0 Å². The molecule has 0 atom stereocenters. The fourth-order valence-corrected chi connectivity index (χ4v) is 3.55. The van der Waals surface area contributed by atoms with Crippen LogP contribution in [-0.2, 0) is 12.8 Å². The fourth-order valence-electron chi connectivity index (χ4n) is 3.55. The number of hydrogen-bond donors (Lipinski definition) is 1. The highest BCUT2D eigenvalue weighted by atomic mass is 79.9. The van der Waals surface area contributed by atoms with Gasteiger partial charge in [-0.05, 0) is 38.6 Å². The van der Waals surface area contributed by atoms with E-state index in [1.54, 1.807) is 0 Å².